The molecule has 2 aromatic carbocycles. The first kappa shape index (κ1) is 18.4. The maximum Gasteiger partial charge on any atom is 0.244 e. The molecule has 0 aliphatic carbocycles. The molecular formula is C20H21FN2O2. The van der Waals surface area contributed by atoms with Crippen molar-refractivity contribution < 1.29 is 14.0 Å². The van der Waals surface area contributed by atoms with E-state index in [9.17, 15) is 14.0 Å². The van der Waals surface area contributed by atoms with Crippen LogP contribution in [0.4, 0.5) is 10.1 Å². The quantitative estimate of drug-likeness (QED) is 0.787. The minimum atomic E-state index is -0.375. The fourth-order valence-electron chi connectivity index (χ4n) is 2.07. The van der Waals surface area contributed by atoms with Gasteiger partial charge in [0.15, 0.2) is 0 Å². The third-order valence-corrected chi connectivity index (χ3v) is 3.51. The zero-order valence-corrected chi connectivity index (χ0v) is 14.3. The first-order chi connectivity index (χ1) is 12.0. The van der Waals surface area contributed by atoms with Crippen molar-refractivity contribution in [2.45, 2.75) is 20.4 Å². The van der Waals surface area contributed by atoms with Crippen LogP contribution in [0.1, 0.15) is 25.0 Å². The monoisotopic (exact) mass is 340 g/mol. The first-order valence-corrected chi connectivity index (χ1v) is 8.06. The normalized spacial score (nSPS) is 10.9. The van der Waals surface area contributed by atoms with Gasteiger partial charge in [0.05, 0.1) is 0 Å². The van der Waals surface area contributed by atoms with E-state index in [0.717, 1.165) is 5.56 Å². The van der Waals surface area contributed by atoms with Gasteiger partial charge in [-0.1, -0.05) is 44.2 Å². The van der Waals surface area contributed by atoms with Crippen molar-refractivity contribution in [2.24, 2.45) is 5.92 Å². The van der Waals surface area contributed by atoms with Gasteiger partial charge in [-0.2, -0.15) is 0 Å². The molecule has 2 rings (SSSR count). The van der Waals surface area contributed by atoms with Crippen molar-refractivity contribution in [3.05, 3.63) is 71.6 Å². The first-order valence-electron chi connectivity index (χ1n) is 8.06. The van der Waals surface area contributed by atoms with Gasteiger partial charge in [-0.15, -0.1) is 0 Å². The molecule has 0 aromatic heterocycles. The van der Waals surface area contributed by atoms with Gasteiger partial charge in [-0.05, 0) is 29.8 Å². The second kappa shape index (κ2) is 8.78. The Kier molecular flexibility index (Phi) is 6.46. The predicted octanol–water partition coefficient (Wildman–Crippen LogP) is 3.75. The Bertz CT molecular complexity index is 785. The molecule has 0 spiro atoms. The van der Waals surface area contributed by atoms with E-state index in [2.05, 4.69) is 10.6 Å². The second-order valence-corrected chi connectivity index (χ2v) is 5.92. The van der Waals surface area contributed by atoms with Gasteiger partial charge >= 0.3 is 0 Å². The van der Waals surface area contributed by atoms with Gasteiger partial charge in [-0.25, -0.2) is 4.39 Å². The number of hydrogen-bond donors (Lipinski definition) is 2. The number of carbonyl (C=O) groups is 2. The fraction of sp³-hybridized carbons (Fsp3) is 0.200. The maximum absolute atomic E-state index is 13.5. The Hall–Kier alpha value is -2.95. The Morgan fingerprint density at radius 2 is 1.88 bits per heavy atom. The average Bonchev–Trinajstić information content (AvgIpc) is 2.59. The molecule has 0 aliphatic heterocycles. The highest BCUT2D eigenvalue weighted by Crippen LogP contribution is 2.12. The van der Waals surface area contributed by atoms with Crippen LogP contribution in [-0.4, -0.2) is 11.8 Å². The summed E-state index contributed by atoms with van der Waals surface area (Å²) in [5.41, 5.74) is 1.90. The lowest BCUT2D eigenvalue weighted by Crippen LogP contribution is -2.21. The van der Waals surface area contributed by atoms with Gasteiger partial charge in [-0.3, -0.25) is 9.59 Å². The van der Waals surface area contributed by atoms with E-state index in [4.69, 9.17) is 0 Å². The Balaban J connectivity index is 1.91. The highest BCUT2D eigenvalue weighted by Gasteiger charge is 2.07. The molecule has 5 heteroatoms. The molecule has 0 unspecified atom stereocenters. The number of rotatable bonds is 6. The molecule has 2 N–H and O–H groups in total. The van der Waals surface area contributed by atoms with Crippen LogP contribution in [0.3, 0.4) is 0 Å². The van der Waals surface area contributed by atoms with Crippen molar-refractivity contribution in [1.82, 2.24) is 5.32 Å². The van der Waals surface area contributed by atoms with Crippen molar-refractivity contribution in [1.29, 1.82) is 0 Å². The lowest BCUT2D eigenvalue weighted by atomic mass is 10.1. The van der Waals surface area contributed by atoms with Crippen LogP contribution in [0, 0.1) is 11.7 Å². The van der Waals surface area contributed by atoms with E-state index in [1.165, 1.54) is 18.2 Å². The molecule has 4 nitrogen and oxygen atoms in total. The fourth-order valence-corrected chi connectivity index (χ4v) is 2.07. The molecule has 0 bridgehead atoms. The molecule has 2 aromatic rings. The summed E-state index contributed by atoms with van der Waals surface area (Å²) in [6.07, 6.45) is 2.73. The zero-order valence-electron chi connectivity index (χ0n) is 14.3. The number of nitrogens with one attached hydrogen (secondary N) is 2. The van der Waals surface area contributed by atoms with Crippen LogP contribution in [0.15, 0.2) is 54.6 Å². The lowest BCUT2D eigenvalue weighted by Gasteiger charge is -2.09. The van der Waals surface area contributed by atoms with Crippen LogP contribution < -0.4 is 10.6 Å². The molecule has 25 heavy (non-hydrogen) atoms. The third kappa shape index (κ3) is 5.88. The molecule has 0 atom stereocenters. The van der Waals surface area contributed by atoms with Gasteiger partial charge in [0.25, 0.3) is 0 Å². The van der Waals surface area contributed by atoms with Gasteiger partial charge < -0.3 is 10.6 Å². The molecule has 0 fully saturated rings. The van der Waals surface area contributed by atoms with Crippen LogP contribution in [0.2, 0.25) is 0 Å². The SMILES string of the molecule is CC(C)C(=O)Nc1cccc(CNC(=O)/C=C/c2ccccc2F)c1. The van der Waals surface area contributed by atoms with E-state index in [1.54, 1.807) is 30.3 Å². The highest BCUT2D eigenvalue weighted by atomic mass is 19.1. The minimum Gasteiger partial charge on any atom is -0.348 e. The maximum atomic E-state index is 13.5. The minimum absolute atomic E-state index is 0.0611. The van der Waals surface area contributed by atoms with Gasteiger partial charge in [0.2, 0.25) is 11.8 Å². The topological polar surface area (TPSA) is 58.2 Å². The number of amides is 2. The molecule has 2 amide bonds. The standard InChI is InChI=1S/C20H21FN2O2/c1-14(2)20(25)23-17-8-5-6-15(12-17)13-22-19(24)11-10-16-7-3-4-9-18(16)21/h3-12,14H,13H2,1-2H3,(H,22,24)(H,23,25)/b11-10+. The molecule has 0 heterocycles. The Morgan fingerprint density at radius 1 is 1.12 bits per heavy atom. The second-order valence-electron chi connectivity index (χ2n) is 5.92. The summed E-state index contributed by atoms with van der Waals surface area (Å²) in [7, 11) is 0. The molecular weight excluding hydrogens is 319 g/mol. The van der Waals surface area contributed by atoms with Crippen LogP contribution in [0.5, 0.6) is 0 Å². The predicted molar refractivity (Wildman–Crippen MR) is 97.2 cm³/mol. The number of carbonyl (C=O) groups excluding carboxylic acids is 2. The van der Waals surface area contributed by atoms with Crippen molar-refractivity contribution in [3.8, 4) is 0 Å². The van der Waals surface area contributed by atoms with Crippen LogP contribution >= 0.6 is 0 Å². The van der Waals surface area contributed by atoms with E-state index < -0.39 is 0 Å². The summed E-state index contributed by atoms with van der Waals surface area (Å²) in [5, 5.41) is 5.55. The summed E-state index contributed by atoms with van der Waals surface area (Å²) in [6.45, 7) is 3.95. The van der Waals surface area contributed by atoms with E-state index in [0.29, 0.717) is 17.8 Å². The molecule has 0 radical (unpaired) electrons. The average molecular weight is 340 g/mol. The highest BCUT2D eigenvalue weighted by molar-refractivity contribution is 5.92. The van der Waals surface area contributed by atoms with E-state index in [-0.39, 0.29) is 23.5 Å². The van der Waals surface area contributed by atoms with E-state index >= 15 is 0 Å². The summed E-state index contributed by atoms with van der Waals surface area (Å²) in [6, 6.07) is 13.5. The van der Waals surface area contributed by atoms with Gasteiger partial charge in [0.1, 0.15) is 5.82 Å². The molecule has 0 saturated carbocycles. The number of benzene rings is 2. The Morgan fingerprint density at radius 3 is 2.60 bits per heavy atom. The molecule has 0 saturated heterocycles. The zero-order chi connectivity index (χ0) is 18.2. The van der Waals surface area contributed by atoms with Crippen molar-refractivity contribution >= 4 is 23.6 Å². The summed E-state index contributed by atoms with van der Waals surface area (Å²) in [5.74, 6) is -0.860. The summed E-state index contributed by atoms with van der Waals surface area (Å²) in [4.78, 5) is 23.6. The third-order valence-electron chi connectivity index (χ3n) is 3.51. The van der Waals surface area contributed by atoms with E-state index in [1.807, 2.05) is 26.0 Å². The summed E-state index contributed by atoms with van der Waals surface area (Å²) >= 11 is 0. The Labute approximate surface area is 146 Å². The molecule has 0 aliphatic rings. The van der Waals surface area contributed by atoms with Crippen LogP contribution in [0.25, 0.3) is 6.08 Å². The lowest BCUT2D eigenvalue weighted by molar-refractivity contribution is -0.119. The van der Waals surface area contributed by atoms with Crippen molar-refractivity contribution in [2.75, 3.05) is 5.32 Å². The number of anilines is 1. The van der Waals surface area contributed by atoms with Gasteiger partial charge in [0, 0.05) is 29.8 Å². The number of hydrogen-bond acceptors (Lipinski definition) is 2. The largest absolute Gasteiger partial charge is 0.348 e. The summed E-state index contributed by atoms with van der Waals surface area (Å²) < 4.78 is 13.5. The van der Waals surface area contributed by atoms with Crippen LogP contribution in [-0.2, 0) is 16.1 Å². The molecule has 130 valence electrons. The number of halogens is 1. The van der Waals surface area contributed by atoms with Crippen molar-refractivity contribution in [3.63, 3.8) is 0 Å². The smallest absolute Gasteiger partial charge is 0.244 e.